The minimum absolute atomic E-state index is 0.235. The molecule has 0 unspecified atom stereocenters. The first-order chi connectivity index (χ1) is 12.7. The molecular formula is C20H23N3O3. The summed E-state index contributed by atoms with van der Waals surface area (Å²) in [5, 5.41) is 5.71. The number of carbonyl (C=O) groups excluding carboxylic acids is 2. The molecular weight excluding hydrogens is 330 g/mol. The molecule has 0 aliphatic carbocycles. The first-order valence-corrected chi connectivity index (χ1v) is 8.69. The summed E-state index contributed by atoms with van der Waals surface area (Å²) in [5.41, 5.74) is 4.13. The van der Waals surface area contributed by atoms with Gasteiger partial charge in [-0.15, -0.1) is 0 Å². The van der Waals surface area contributed by atoms with Crippen LogP contribution in [0.25, 0.3) is 0 Å². The number of urea groups is 1. The van der Waals surface area contributed by atoms with Crippen LogP contribution in [0.4, 0.5) is 15.3 Å². The summed E-state index contributed by atoms with van der Waals surface area (Å²) in [4.78, 5) is 25.4. The third-order valence-corrected chi connectivity index (χ3v) is 4.45. The van der Waals surface area contributed by atoms with E-state index in [0.29, 0.717) is 25.3 Å². The van der Waals surface area contributed by atoms with Gasteiger partial charge in [-0.1, -0.05) is 36.4 Å². The molecule has 0 saturated carbocycles. The maximum Gasteiger partial charge on any atom is 0.409 e. The maximum absolute atomic E-state index is 12.1. The predicted octanol–water partition coefficient (Wildman–Crippen LogP) is 3.18. The van der Waals surface area contributed by atoms with Gasteiger partial charge >= 0.3 is 12.1 Å². The SMILES string of the molecule is COC(=O)N1CCc2ccc(NC(=O)NCCc3ccccc3)cc2C1. The van der Waals surface area contributed by atoms with Crippen molar-refractivity contribution in [1.29, 1.82) is 0 Å². The minimum atomic E-state index is -0.326. The van der Waals surface area contributed by atoms with Crippen molar-refractivity contribution in [3.8, 4) is 0 Å². The van der Waals surface area contributed by atoms with E-state index in [1.54, 1.807) is 4.90 Å². The van der Waals surface area contributed by atoms with Crippen LogP contribution in [0.3, 0.4) is 0 Å². The van der Waals surface area contributed by atoms with Crippen molar-refractivity contribution in [3.63, 3.8) is 0 Å². The lowest BCUT2D eigenvalue weighted by Crippen LogP contribution is -2.36. The predicted molar refractivity (Wildman–Crippen MR) is 100 cm³/mol. The van der Waals surface area contributed by atoms with Gasteiger partial charge < -0.3 is 20.3 Å². The molecule has 6 heteroatoms. The van der Waals surface area contributed by atoms with Gasteiger partial charge in [0.15, 0.2) is 0 Å². The fraction of sp³-hybridized carbons (Fsp3) is 0.300. The van der Waals surface area contributed by atoms with E-state index in [9.17, 15) is 9.59 Å². The van der Waals surface area contributed by atoms with Crippen LogP contribution in [0.1, 0.15) is 16.7 Å². The van der Waals surface area contributed by atoms with E-state index in [4.69, 9.17) is 4.74 Å². The zero-order chi connectivity index (χ0) is 18.4. The van der Waals surface area contributed by atoms with Gasteiger partial charge in [0.05, 0.1) is 7.11 Å². The fourth-order valence-corrected chi connectivity index (χ4v) is 3.06. The number of ether oxygens (including phenoxy) is 1. The Labute approximate surface area is 153 Å². The average molecular weight is 353 g/mol. The first kappa shape index (κ1) is 17.8. The van der Waals surface area contributed by atoms with Gasteiger partial charge in [-0.3, -0.25) is 0 Å². The standard InChI is InChI=1S/C20H23N3O3/c1-26-20(25)23-12-10-16-7-8-18(13-17(16)14-23)22-19(24)21-11-9-15-5-3-2-4-6-15/h2-8,13H,9-12,14H2,1H3,(H2,21,22,24). The van der Waals surface area contributed by atoms with Crippen LogP contribution in [-0.4, -0.2) is 37.2 Å². The lowest BCUT2D eigenvalue weighted by atomic mass is 9.99. The van der Waals surface area contributed by atoms with Gasteiger partial charge in [0.2, 0.25) is 0 Å². The van der Waals surface area contributed by atoms with Crippen LogP contribution in [0, 0.1) is 0 Å². The highest BCUT2D eigenvalue weighted by molar-refractivity contribution is 5.89. The van der Waals surface area contributed by atoms with Crippen molar-refractivity contribution < 1.29 is 14.3 Å². The molecule has 136 valence electrons. The van der Waals surface area contributed by atoms with Gasteiger partial charge in [0.25, 0.3) is 0 Å². The van der Waals surface area contributed by atoms with Crippen molar-refractivity contribution in [2.75, 3.05) is 25.5 Å². The second kappa shape index (κ2) is 8.38. The second-order valence-corrected chi connectivity index (χ2v) is 6.24. The Morgan fingerprint density at radius 3 is 2.69 bits per heavy atom. The number of benzene rings is 2. The quantitative estimate of drug-likeness (QED) is 0.887. The van der Waals surface area contributed by atoms with E-state index in [-0.39, 0.29) is 12.1 Å². The zero-order valence-corrected chi connectivity index (χ0v) is 14.8. The summed E-state index contributed by atoms with van der Waals surface area (Å²) in [6.45, 7) is 1.70. The van der Waals surface area contributed by atoms with E-state index in [1.807, 2.05) is 48.5 Å². The molecule has 2 aromatic rings. The molecule has 26 heavy (non-hydrogen) atoms. The number of rotatable bonds is 4. The molecule has 0 saturated heterocycles. The normalized spacial score (nSPS) is 12.9. The Balaban J connectivity index is 1.53. The Morgan fingerprint density at radius 2 is 1.92 bits per heavy atom. The van der Waals surface area contributed by atoms with Crippen LogP contribution in [0.5, 0.6) is 0 Å². The van der Waals surface area contributed by atoms with Gasteiger partial charge in [0.1, 0.15) is 0 Å². The molecule has 0 aromatic heterocycles. The number of nitrogens with zero attached hydrogens (tertiary/aromatic N) is 1. The molecule has 0 radical (unpaired) electrons. The average Bonchev–Trinajstić information content (AvgIpc) is 2.67. The van der Waals surface area contributed by atoms with Crippen molar-refractivity contribution in [2.24, 2.45) is 0 Å². The van der Waals surface area contributed by atoms with E-state index in [0.717, 1.165) is 18.4 Å². The second-order valence-electron chi connectivity index (χ2n) is 6.24. The molecule has 6 nitrogen and oxygen atoms in total. The minimum Gasteiger partial charge on any atom is -0.453 e. The van der Waals surface area contributed by atoms with Gasteiger partial charge in [-0.2, -0.15) is 0 Å². The summed E-state index contributed by atoms with van der Waals surface area (Å²) in [5.74, 6) is 0. The topological polar surface area (TPSA) is 70.7 Å². The molecule has 0 spiro atoms. The molecule has 1 aliphatic heterocycles. The molecule has 0 atom stereocenters. The molecule has 2 N–H and O–H groups in total. The van der Waals surface area contributed by atoms with E-state index >= 15 is 0 Å². The van der Waals surface area contributed by atoms with Gasteiger partial charge in [-0.05, 0) is 41.7 Å². The summed E-state index contributed by atoms with van der Waals surface area (Å²) >= 11 is 0. The van der Waals surface area contributed by atoms with E-state index in [1.165, 1.54) is 18.2 Å². The molecule has 0 bridgehead atoms. The van der Waals surface area contributed by atoms with Crippen LogP contribution in [0.2, 0.25) is 0 Å². The van der Waals surface area contributed by atoms with Crippen LogP contribution in [0.15, 0.2) is 48.5 Å². The third-order valence-electron chi connectivity index (χ3n) is 4.45. The number of amides is 3. The first-order valence-electron chi connectivity index (χ1n) is 8.69. The molecule has 0 fully saturated rings. The number of hydrogen-bond donors (Lipinski definition) is 2. The highest BCUT2D eigenvalue weighted by atomic mass is 16.5. The highest BCUT2D eigenvalue weighted by Gasteiger charge is 2.21. The Bertz CT molecular complexity index is 777. The van der Waals surface area contributed by atoms with Crippen molar-refractivity contribution in [3.05, 3.63) is 65.2 Å². The highest BCUT2D eigenvalue weighted by Crippen LogP contribution is 2.23. The maximum atomic E-state index is 12.1. The van der Waals surface area contributed by atoms with Gasteiger partial charge in [0, 0.05) is 25.3 Å². The lowest BCUT2D eigenvalue weighted by molar-refractivity contribution is 0.118. The largest absolute Gasteiger partial charge is 0.453 e. The van der Waals surface area contributed by atoms with Crippen molar-refractivity contribution in [1.82, 2.24) is 10.2 Å². The van der Waals surface area contributed by atoms with Crippen molar-refractivity contribution in [2.45, 2.75) is 19.4 Å². The number of carbonyl (C=O) groups is 2. The summed E-state index contributed by atoms with van der Waals surface area (Å²) in [7, 11) is 1.38. The smallest absolute Gasteiger partial charge is 0.409 e. The molecule has 2 aromatic carbocycles. The fourth-order valence-electron chi connectivity index (χ4n) is 3.06. The van der Waals surface area contributed by atoms with E-state index in [2.05, 4.69) is 10.6 Å². The van der Waals surface area contributed by atoms with E-state index < -0.39 is 0 Å². The van der Waals surface area contributed by atoms with Crippen LogP contribution < -0.4 is 10.6 Å². The number of nitrogens with one attached hydrogen (secondary N) is 2. The number of methoxy groups -OCH3 is 1. The van der Waals surface area contributed by atoms with Crippen LogP contribution in [-0.2, 0) is 24.1 Å². The van der Waals surface area contributed by atoms with Gasteiger partial charge in [-0.25, -0.2) is 9.59 Å². The molecule has 3 rings (SSSR count). The number of anilines is 1. The lowest BCUT2D eigenvalue weighted by Gasteiger charge is -2.28. The third kappa shape index (κ3) is 4.53. The Kier molecular flexibility index (Phi) is 5.73. The Morgan fingerprint density at radius 1 is 1.12 bits per heavy atom. The summed E-state index contributed by atoms with van der Waals surface area (Å²) in [6.07, 6.45) is 1.24. The number of fused-ring (bicyclic) bond motifs is 1. The Hall–Kier alpha value is -3.02. The van der Waals surface area contributed by atoms with Crippen molar-refractivity contribution >= 4 is 17.8 Å². The number of hydrogen-bond acceptors (Lipinski definition) is 3. The summed E-state index contributed by atoms with van der Waals surface area (Å²) in [6, 6.07) is 15.6. The molecule has 3 amide bonds. The molecule has 1 aliphatic rings. The molecule has 1 heterocycles. The summed E-state index contributed by atoms with van der Waals surface area (Å²) < 4.78 is 4.79. The van der Waals surface area contributed by atoms with Crippen LogP contribution >= 0.6 is 0 Å². The monoisotopic (exact) mass is 353 g/mol. The zero-order valence-electron chi connectivity index (χ0n) is 14.8.